The van der Waals surface area contributed by atoms with E-state index in [0.717, 1.165) is 30.6 Å². The van der Waals surface area contributed by atoms with E-state index in [0.29, 0.717) is 5.52 Å². The average molecular weight is 220 g/mol. The standard InChI is InChI=1S/C13H17FN2/c1-3-15-8-7-10-9(2)16-13-11(10)5-4-6-12(13)14/h4-6,15-16H,3,7-8H2,1-2H3. The molecule has 0 spiro atoms. The van der Waals surface area contributed by atoms with Crippen LogP contribution in [0.5, 0.6) is 0 Å². The van der Waals surface area contributed by atoms with Crippen molar-refractivity contribution >= 4 is 10.9 Å². The molecule has 0 unspecified atom stereocenters. The summed E-state index contributed by atoms with van der Waals surface area (Å²) in [6, 6.07) is 5.23. The van der Waals surface area contributed by atoms with Crippen LogP contribution < -0.4 is 5.32 Å². The summed E-state index contributed by atoms with van der Waals surface area (Å²) in [5.41, 5.74) is 2.92. The number of H-pyrrole nitrogens is 1. The van der Waals surface area contributed by atoms with Gasteiger partial charge in [-0.25, -0.2) is 4.39 Å². The smallest absolute Gasteiger partial charge is 0.147 e. The summed E-state index contributed by atoms with van der Waals surface area (Å²) in [5.74, 6) is -0.171. The Kier molecular flexibility index (Phi) is 3.25. The molecule has 0 aliphatic rings. The van der Waals surface area contributed by atoms with E-state index in [9.17, 15) is 4.39 Å². The van der Waals surface area contributed by atoms with E-state index in [-0.39, 0.29) is 5.82 Å². The van der Waals surface area contributed by atoms with Crippen LogP contribution in [-0.4, -0.2) is 18.1 Å². The lowest BCUT2D eigenvalue weighted by atomic mass is 10.1. The fourth-order valence-corrected chi connectivity index (χ4v) is 2.08. The predicted octanol–water partition coefficient (Wildman–Crippen LogP) is 2.77. The third kappa shape index (κ3) is 1.95. The van der Waals surface area contributed by atoms with Gasteiger partial charge in [0, 0.05) is 11.1 Å². The summed E-state index contributed by atoms with van der Waals surface area (Å²) in [7, 11) is 0. The molecule has 86 valence electrons. The second-order valence-corrected chi connectivity index (χ2v) is 3.99. The minimum Gasteiger partial charge on any atom is -0.356 e. The lowest BCUT2D eigenvalue weighted by Gasteiger charge is -2.02. The van der Waals surface area contributed by atoms with E-state index in [1.807, 2.05) is 13.0 Å². The highest BCUT2D eigenvalue weighted by Gasteiger charge is 2.10. The van der Waals surface area contributed by atoms with Gasteiger partial charge in [-0.2, -0.15) is 0 Å². The zero-order valence-electron chi connectivity index (χ0n) is 9.73. The molecule has 0 aliphatic heterocycles. The molecular weight excluding hydrogens is 203 g/mol. The molecule has 0 fully saturated rings. The van der Waals surface area contributed by atoms with E-state index >= 15 is 0 Å². The molecule has 3 heteroatoms. The van der Waals surface area contributed by atoms with Gasteiger partial charge in [-0.05, 0) is 38.1 Å². The first-order chi connectivity index (χ1) is 7.74. The fraction of sp³-hybridized carbons (Fsp3) is 0.385. The van der Waals surface area contributed by atoms with Gasteiger partial charge in [0.1, 0.15) is 5.82 Å². The van der Waals surface area contributed by atoms with Crippen molar-refractivity contribution in [2.75, 3.05) is 13.1 Å². The Bertz CT molecular complexity index is 488. The molecule has 0 saturated heterocycles. The minimum atomic E-state index is -0.171. The molecular formula is C13H17FN2. The molecule has 1 aromatic carbocycles. The molecule has 0 amide bonds. The highest BCUT2D eigenvalue weighted by atomic mass is 19.1. The molecule has 2 nitrogen and oxygen atoms in total. The molecule has 0 aliphatic carbocycles. The largest absolute Gasteiger partial charge is 0.356 e. The molecule has 1 aromatic heterocycles. The Hall–Kier alpha value is -1.35. The van der Waals surface area contributed by atoms with Gasteiger partial charge in [-0.15, -0.1) is 0 Å². The van der Waals surface area contributed by atoms with Crippen LogP contribution in [0.25, 0.3) is 10.9 Å². The van der Waals surface area contributed by atoms with Gasteiger partial charge in [0.25, 0.3) is 0 Å². The van der Waals surface area contributed by atoms with Crippen LogP contribution in [0.15, 0.2) is 18.2 Å². The predicted molar refractivity (Wildman–Crippen MR) is 65.2 cm³/mol. The second-order valence-electron chi connectivity index (χ2n) is 3.99. The summed E-state index contributed by atoms with van der Waals surface area (Å²) in [6.07, 6.45) is 0.934. The summed E-state index contributed by atoms with van der Waals surface area (Å²) >= 11 is 0. The highest BCUT2D eigenvalue weighted by Crippen LogP contribution is 2.24. The highest BCUT2D eigenvalue weighted by molar-refractivity contribution is 5.85. The second kappa shape index (κ2) is 4.66. The topological polar surface area (TPSA) is 27.8 Å². The lowest BCUT2D eigenvalue weighted by Crippen LogP contribution is -2.16. The third-order valence-corrected chi connectivity index (χ3v) is 2.91. The number of halogens is 1. The van der Waals surface area contributed by atoms with Crippen molar-refractivity contribution < 1.29 is 4.39 Å². The van der Waals surface area contributed by atoms with Crippen molar-refractivity contribution in [3.63, 3.8) is 0 Å². The van der Waals surface area contributed by atoms with Crippen LogP contribution >= 0.6 is 0 Å². The zero-order valence-corrected chi connectivity index (χ0v) is 9.73. The number of nitrogens with one attached hydrogen (secondary N) is 2. The van der Waals surface area contributed by atoms with Crippen LogP contribution in [-0.2, 0) is 6.42 Å². The first-order valence-corrected chi connectivity index (χ1v) is 5.70. The third-order valence-electron chi connectivity index (χ3n) is 2.91. The van der Waals surface area contributed by atoms with Crippen molar-refractivity contribution in [2.45, 2.75) is 20.3 Å². The van der Waals surface area contributed by atoms with Crippen molar-refractivity contribution in [1.29, 1.82) is 0 Å². The van der Waals surface area contributed by atoms with Crippen molar-refractivity contribution in [3.8, 4) is 0 Å². The van der Waals surface area contributed by atoms with Gasteiger partial charge < -0.3 is 10.3 Å². The van der Waals surface area contributed by atoms with Crippen molar-refractivity contribution in [3.05, 3.63) is 35.3 Å². The summed E-state index contributed by atoms with van der Waals surface area (Å²) < 4.78 is 13.5. The minimum absolute atomic E-state index is 0.171. The van der Waals surface area contributed by atoms with Crippen LogP contribution in [0.1, 0.15) is 18.2 Å². The fourth-order valence-electron chi connectivity index (χ4n) is 2.08. The maximum absolute atomic E-state index is 13.5. The Labute approximate surface area is 94.9 Å². The molecule has 2 N–H and O–H groups in total. The molecule has 0 saturated carbocycles. The zero-order chi connectivity index (χ0) is 11.5. The summed E-state index contributed by atoms with van der Waals surface area (Å²) in [4.78, 5) is 3.12. The molecule has 2 rings (SSSR count). The number of hydrogen-bond donors (Lipinski definition) is 2. The van der Waals surface area contributed by atoms with E-state index in [1.54, 1.807) is 6.07 Å². The number of rotatable bonds is 4. The van der Waals surface area contributed by atoms with E-state index in [2.05, 4.69) is 17.2 Å². The monoisotopic (exact) mass is 220 g/mol. The SMILES string of the molecule is CCNCCc1c(C)[nH]c2c(F)cccc12. The van der Waals surface area contributed by atoms with Crippen LogP contribution in [0.2, 0.25) is 0 Å². The van der Waals surface area contributed by atoms with Crippen LogP contribution in [0.3, 0.4) is 0 Å². The van der Waals surface area contributed by atoms with E-state index in [4.69, 9.17) is 0 Å². The Morgan fingerprint density at radius 1 is 1.38 bits per heavy atom. The molecule has 16 heavy (non-hydrogen) atoms. The van der Waals surface area contributed by atoms with Gasteiger partial charge in [0.15, 0.2) is 0 Å². The molecule has 0 atom stereocenters. The van der Waals surface area contributed by atoms with Gasteiger partial charge in [0.2, 0.25) is 0 Å². The van der Waals surface area contributed by atoms with Crippen LogP contribution in [0, 0.1) is 12.7 Å². The first kappa shape index (κ1) is 11.1. The van der Waals surface area contributed by atoms with E-state index < -0.39 is 0 Å². The number of aromatic amines is 1. The Morgan fingerprint density at radius 3 is 2.94 bits per heavy atom. The summed E-state index contributed by atoms with van der Waals surface area (Å²) in [6.45, 7) is 5.99. The van der Waals surface area contributed by atoms with Gasteiger partial charge in [-0.3, -0.25) is 0 Å². The number of fused-ring (bicyclic) bond motifs is 1. The number of para-hydroxylation sites is 1. The lowest BCUT2D eigenvalue weighted by molar-refractivity contribution is 0.637. The number of aromatic nitrogens is 1. The summed E-state index contributed by atoms with van der Waals surface area (Å²) in [5, 5.41) is 4.30. The van der Waals surface area contributed by atoms with Gasteiger partial charge in [0.05, 0.1) is 5.52 Å². The van der Waals surface area contributed by atoms with Gasteiger partial charge >= 0.3 is 0 Å². The van der Waals surface area contributed by atoms with Crippen LogP contribution in [0.4, 0.5) is 4.39 Å². The average Bonchev–Trinajstić information content (AvgIpc) is 2.58. The number of aryl methyl sites for hydroxylation is 1. The maximum Gasteiger partial charge on any atom is 0.147 e. The molecule has 2 aromatic rings. The molecule has 0 bridgehead atoms. The Balaban J connectivity index is 2.36. The quantitative estimate of drug-likeness (QED) is 0.762. The van der Waals surface area contributed by atoms with Crippen molar-refractivity contribution in [2.24, 2.45) is 0 Å². The Morgan fingerprint density at radius 2 is 2.19 bits per heavy atom. The molecule has 1 heterocycles. The first-order valence-electron chi connectivity index (χ1n) is 5.70. The normalized spacial score (nSPS) is 11.2. The number of likely N-dealkylation sites (N-methyl/N-ethyl adjacent to an activating group) is 1. The number of benzene rings is 1. The maximum atomic E-state index is 13.5. The van der Waals surface area contributed by atoms with Gasteiger partial charge in [-0.1, -0.05) is 19.1 Å². The number of hydrogen-bond acceptors (Lipinski definition) is 1. The van der Waals surface area contributed by atoms with Crippen molar-refractivity contribution in [1.82, 2.24) is 10.3 Å². The molecule has 0 radical (unpaired) electrons. The van der Waals surface area contributed by atoms with E-state index in [1.165, 1.54) is 11.6 Å².